The molecule has 0 radical (unpaired) electrons. The SMILES string of the molecule is CNn1c(=O)c2c(nc(CCCCC(=O)O)n2NC)n(NC)c1=O. The average molecular weight is 339 g/mol. The predicted octanol–water partition coefficient (Wildman–Crippen LogP) is -1.32. The van der Waals surface area contributed by atoms with Crippen molar-refractivity contribution in [2.24, 2.45) is 0 Å². The van der Waals surface area contributed by atoms with E-state index in [-0.39, 0.29) is 17.6 Å². The van der Waals surface area contributed by atoms with Crippen LogP contribution in [0.25, 0.3) is 11.2 Å². The van der Waals surface area contributed by atoms with Crippen molar-refractivity contribution >= 4 is 17.1 Å². The molecule has 0 saturated heterocycles. The van der Waals surface area contributed by atoms with Gasteiger partial charge in [-0.05, 0) is 12.8 Å². The standard InChI is InChI=1S/C13H21N7O4/c1-14-18-8(6-4-5-7-9(21)22)17-11-10(18)12(23)20(16-3)13(24)19(11)15-2/h14-16H,4-7H2,1-3H3,(H,21,22). The maximum Gasteiger partial charge on any atom is 0.370 e. The molecule has 2 aromatic rings. The van der Waals surface area contributed by atoms with E-state index in [2.05, 4.69) is 21.3 Å². The lowest BCUT2D eigenvalue weighted by atomic mass is 10.2. The molecule has 24 heavy (non-hydrogen) atoms. The molecule has 0 saturated carbocycles. The zero-order chi connectivity index (χ0) is 17.9. The number of nitrogens with one attached hydrogen (secondary N) is 3. The van der Waals surface area contributed by atoms with Gasteiger partial charge in [-0.3, -0.25) is 9.59 Å². The summed E-state index contributed by atoms with van der Waals surface area (Å²) in [5.41, 5.74) is 7.46. The zero-order valence-corrected chi connectivity index (χ0v) is 13.8. The van der Waals surface area contributed by atoms with E-state index in [0.29, 0.717) is 25.1 Å². The second kappa shape index (κ2) is 7.06. The highest BCUT2D eigenvalue weighted by Gasteiger charge is 2.20. The number of carboxylic acids is 1. The molecule has 0 aromatic carbocycles. The van der Waals surface area contributed by atoms with Gasteiger partial charge < -0.3 is 21.4 Å². The first-order valence-corrected chi connectivity index (χ1v) is 7.50. The van der Waals surface area contributed by atoms with Gasteiger partial charge in [-0.25, -0.2) is 14.5 Å². The van der Waals surface area contributed by atoms with Crippen LogP contribution in [0, 0.1) is 0 Å². The monoisotopic (exact) mass is 339 g/mol. The molecule has 0 unspecified atom stereocenters. The summed E-state index contributed by atoms with van der Waals surface area (Å²) in [4.78, 5) is 39.8. The molecule has 11 nitrogen and oxygen atoms in total. The number of rotatable bonds is 8. The van der Waals surface area contributed by atoms with Crippen LogP contribution in [0.2, 0.25) is 0 Å². The van der Waals surface area contributed by atoms with Gasteiger partial charge in [-0.2, -0.15) is 9.35 Å². The summed E-state index contributed by atoms with van der Waals surface area (Å²) >= 11 is 0. The Hall–Kier alpha value is -2.98. The number of imidazole rings is 1. The third kappa shape index (κ3) is 2.92. The zero-order valence-electron chi connectivity index (χ0n) is 13.8. The fourth-order valence-electron chi connectivity index (χ4n) is 2.55. The Bertz CT molecular complexity index is 864. The number of aliphatic carboxylic acids is 1. The smallest absolute Gasteiger partial charge is 0.370 e. The Labute approximate surface area is 136 Å². The normalized spacial score (nSPS) is 10.8. The first kappa shape index (κ1) is 17.4. The van der Waals surface area contributed by atoms with Crippen molar-refractivity contribution in [1.29, 1.82) is 0 Å². The highest BCUT2D eigenvalue weighted by atomic mass is 16.4. The Morgan fingerprint density at radius 2 is 1.67 bits per heavy atom. The molecule has 4 N–H and O–H groups in total. The summed E-state index contributed by atoms with van der Waals surface area (Å²) < 4.78 is 3.56. The van der Waals surface area contributed by atoms with E-state index in [4.69, 9.17) is 5.11 Å². The van der Waals surface area contributed by atoms with Crippen molar-refractivity contribution in [3.05, 3.63) is 26.7 Å². The number of aromatic nitrogens is 4. The van der Waals surface area contributed by atoms with Gasteiger partial charge in [-0.1, -0.05) is 0 Å². The number of aryl methyl sites for hydroxylation is 1. The van der Waals surface area contributed by atoms with Gasteiger partial charge in [0.15, 0.2) is 11.2 Å². The molecule has 0 amide bonds. The van der Waals surface area contributed by atoms with Gasteiger partial charge in [0.2, 0.25) is 0 Å². The first-order valence-electron chi connectivity index (χ1n) is 7.50. The minimum Gasteiger partial charge on any atom is -0.481 e. The summed E-state index contributed by atoms with van der Waals surface area (Å²) in [6.07, 6.45) is 1.65. The van der Waals surface area contributed by atoms with Gasteiger partial charge >= 0.3 is 17.2 Å². The molecular weight excluding hydrogens is 318 g/mol. The number of unbranched alkanes of at least 4 members (excludes halogenated alkanes) is 1. The Morgan fingerprint density at radius 1 is 1.04 bits per heavy atom. The van der Waals surface area contributed by atoms with Crippen LogP contribution < -0.4 is 27.5 Å². The van der Waals surface area contributed by atoms with Gasteiger partial charge in [0.05, 0.1) is 0 Å². The number of hydrogen-bond donors (Lipinski definition) is 4. The minimum absolute atomic E-state index is 0.0770. The van der Waals surface area contributed by atoms with Crippen LogP contribution in [0.3, 0.4) is 0 Å². The van der Waals surface area contributed by atoms with Gasteiger partial charge in [0.25, 0.3) is 0 Å². The molecular formula is C13H21N7O4. The van der Waals surface area contributed by atoms with Crippen molar-refractivity contribution in [3.63, 3.8) is 0 Å². The van der Waals surface area contributed by atoms with Crippen LogP contribution >= 0.6 is 0 Å². The van der Waals surface area contributed by atoms with Crippen LogP contribution in [-0.2, 0) is 11.2 Å². The van der Waals surface area contributed by atoms with E-state index in [9.17, 15) is 14.4 Å². The van der Waals surface area contributed by atoms with Crippen LogP contribution in [0.1, 0.15) is 25.1 Å². The summed E-state index contributed by atoms with van der Waals surface area (Å²) in [7, 11) is 4.66. The van der Waals surface area contributed by atoms with Crippen molar-refractivity contribution in [2.45, 2.75) is 25.7 Å². The largest absolute Gasteiger partial charge is 0.481 e. The second-order valence-electron chi connectivity index (χ2n) is 5.07. The summed E-state index contributed by atoms with van der Waals surface area (Å²) in [6, 6.07) is 0. The maximum absolute atomic E-state index is 12.5. The minimum atomic E-state index is -0.849. The third-order valence-corrected chi connectivity index (χ3v) is 3.64. The highest BCUT2D eigenvalue weighted by Crippen LogP contribution is 2.12. The van der Waals surface area contributed by atoms with E-state index in [0.717, 1.165) is 4.68 Å². The van der Waals surface area contributed by atoms with Crippen LogP contribution in [0.15, 0.2) is 9.59 Å². The van der Waals surface area contributed by atoms with E-state index in [1.807, 2.05) is 0 Å². The summed E-state index contributed by atoms with van der Waals surface area (Å²) in [5, 5.41) is 8.69. The lowest BCUT2D eigenvalue weighted by Gasteiger charge is -2.11. The molecule has 0 bridgehead atoms. The van der Waals surface area contributed by atoms with E-state index in [1.54, 1.807) is 14.1 Å². The van der Waals surface area contributed by atoms with E-state index >= 15 is 0 Å². The number of carbonyl (C=O) groups is 1. The molecule has 2 aromatic heterocycles. The number of hydrogen-bond acceptors (Lipinski definition) is 7. The molecule has 0 fully saturated rings. The van der Waals surface area contributed by atoms with Crippen molar-refractivity contribution in [1.82, 2.24) is 19.0 Å². The number of nitrogens with zero attached hydrogens (tertiary/aromatic N) is 4. The van der Waals surface area contributed by atoms with Crippen molar-refractivity contribution in [2.75, 3.05) is 37.4 Å². The third-order valence-electron chi connectivity index (χ3n) is 3.64. The molecule has 0 atom stereocenters. The first-order chi connectivity index (χ1) is 11.5. The maximum atomic E-state index is 12.5. The molecule has 0 aliphatic heterocycles. The fourth-order valence-corrected chi connectivity index (χ4v) is 2.55. The Balaban J connectivity index is 2.55. The quantitative estimate of drug-likeness (QED) is 0.435. The topological polar surface area (TPSA) is 135 Å². The second-order valence-corrected chi connectivity index (χ2v) is 5.07. The molecule has 0 aliphatic rings. The summed E-state index contributed by atoms with van der Waals surface area (Å²) in [6.45, 7) is 0. The number of carboxylic acid groups (broad SMARTS) is 1. The van der Waals surface area contributed by atoms with Crippen LogP contribution in [0.4, 0.5) is 0 Å². The van der Waals surface area contributed by atoms with Gasteiger partial charge in [0.1, 0.15) is 5.82 Å². The van der Waals surface area contributed by atoms with Crippen LogP contribution in [0.5, 0.6) is 0 Å². The van der Waals surface area contributed by atoms with Crippen LogP contribution in [-0.4, -0.2) is 51.2 Å². The van der Waals surface area contributed by atoms with E-state index < -0.39 is 17.2 Å². The fraction of sp³-hybridized carbons (Fsp3) is 0.538. The van der Waals surface area contributed by atoms with Crippen molar-refractivity contribution in [3.8, 4) is 0 Å². The Morgan fingerprint density at radius 3 is 2.21 bits per heavy atom. The lowest BCUT2D eigenvalue weighted by molar-refractivity contribution is -0.137. The molecule has 11 heteroatoms. The highest BCUT2D eigenvalue weighted by molar-refractivity contribution is 5.72. The predicted molar refractivity (Wildman–Crippen MR) is 89.3 cm³/mol. The lowest BCUT2D eigenvalue weighted by Crippen LogP contribution is -2.46. The Kier molecular flexibility index (Phi) is 5.11. The van der Waals surface area contributed by atoms with Gasteiger partial charge in [-0.15, -0.1) is 0 Å². The van der Waals surface area contributed by atoms with Crippen molar-refractivity contribution < 1.29 is 9.90 Å². The molecule has 0 spiro atoms. The van der Waals surface area contributed by atoms with E-state index in [1.165, 1.54) is 16.4 Å². The average Bonchev–Trinajstić information content (AvgIpc) is 2.90. The van der Waals surface area contributed by atoms with Gasteiger partial charge in [0, 0.05) is 34.0 Å². The molecule has 0 aliphatic carbocycles. The number of fused-ring (bicyclic) bond motifs is 1. The molecule has 2 rings (SSSR count). The summed E-state index contributed by atoms with van der Waals surface area (Å²) in [5.74, 6) is -0.301. The molecule has 132 valence electrons. The molecule has 2 heterocycles.